The van der Waals surface area contributed by atoms with Crippen molar-refractivity contribution in [1.82, 2.24) is 15.0 Å². The van der Waals surface area contributed by atoms with Crippen LogP contribution in [0.4, 0.5) is 5.95 Å². The number of hydrogen-bond donors (Lipinski definition) is 1. The molecule has 2 rings (SSSR count). The van der Waals surface area contributed by atoms with E-state index in [2.05, 4.69) is 15.0 Å². The van der Waals surface area contributed by atoms with E-state index < -0.39 is 5.60 Å². The van der Waals surface area contributed by atoms with Crippen LogP contribution in [-0.4, -0.2) is 34.8 Å². The molecule has 0 radical (unpaired) electrons. The van der Waals surface area contributed by atoms with Crippen molar-refractivity contribution in [3.8, 4) is 0 Å². The van der Waals surface area contributed by atoms with E-state index in [9.17, 15) is 0 Å². The van der Waals surface area contributed by atoms with E-state index in [1.165, 1.54) is 0 Å². The highest BCUT2D eigenvalue weighted by Gasteiger charge is 2.38. The second-order valence-electron chi connectivity index (χ2n) is 4.10. The van der Waals surface area contributed by atoms with Crippen LogP contribution in [0.2, 0.25) is 0 Å². The normalized spacial score (nSPS) is 19.2. The van der Waals surface area contributed by atoms with Crippen LogP contribution in [0.1, 0.15) is 31.4 Å². The molecule has 2 heterocycles. The summed E-state index contributed by atoms with van der Waals surface area (Å²) in [6.07, 6.45) is 1.51. The zero-order chi connectivity index (χ0) is 12.3. The first-order chi connectivity index (χ1) is 8.16. The summed E-state index contributed by atoms with van der Waals surface area (Å²) in [5, 5.41) is 0. The van der Waals surface area contributed by atoms with Crippen molar-refractivity contribution >= 4 is 5.95 Å². The van der Waals surface area contributed by atoms with Crippen molar-refractivity contribution in [2.75, 3.05) is 25.6 Å². The fourth-order valence-corrected chi connectivity index (χ4v) is 2.12. The monoisotopic (exact) mass is 238 g/mol. The van der Waals surface area contributed by atoms with Gasteiger partial charge in [0, 0.05) is 32.7 Å². The van der Waals surface area contributed by atoms with Gasteiger partial charge < -0.3 is 15.2 Å². The molecule has 6 nitrogen and oxygen atoms in total. The van der Waals surface area contributed by atoms with Crippen molar-refractivity contribution in [3.63, 3.8) is 0 Å². The Morgan fingerprint density at radius 1 is 1.29 bits per heavy atom. The maximum atomic E-state index is 5.88. The Hall–Kier alpha value is -1.27. The second-order valence-corrected chi connectivity index (χ2v) is 4.10. The van der Waals surface area contributed by atoms with Gasteiger partial charge in [-0.3, -0.25) is 0 Å². The molecular weight excluding hydrogens is 220 g/mol. The third kappa shape index (κ3) is 2.53. The first kappa shape index (κ1) is 12.2. The van der Waals surface area contributed by atoms with Gasteiger partial charge in [-0.1, -0.05) is 0 Å². The Bertz CT molecular complexity index is 365. The molecule has 94 valence electrons. The van der Waals surface area contributed by atoms with Crippen LogP contribution in [-0.2, 0) is 15.1 Å². The number of ether oxygens (including phenoxy) is 2. The minimum Gasteiger partial charge on any atom is -0.381 e. The Morgan fingerprint density at radius 3 is 2.59 bits per heavy atom. The third-order valence-electron chi connectivity index (χ3n) is 2.89. The zero-order valence-electron chi connectivity index (χ0n) is 10.3. The van der Waals surface area contributed by atoms with Gasteiger partial charge in [0.2, 0.25) is 5.95 Å². The van der Waals surface area contributed by atoms with Gasteiger partial charge in [-0.2, -0.15) is 9.97 Å². The van der Waals surface area contributed by atoms with Crippen molar-refractivity contribution in [3.05, 3.63) is 11.6 Å². The van der Waals surface area contributed by atoms with Crippen molar-refractivity contribution in [2.45, 2.75) is 32.3 Å². The van der Waals surface area contributed by atoms with Gasteiger partial charge in [-0.05, 0) is 13.8 Å². The number of anilines is 1. The number of hydrogen-bond acceptors (Lipinski definition) is 6. The van der Waals surface area contributed by atoms with Crippen LogP contribution >= 0.6 is 0 Å². The second kappa shape index (κ2) is 4.93. The summed E-state index contributed by atoms with van der Waals surface area (Å²) in [6.45, 7) is 5.70. The molecule has 0 saturated carbocycles. The standard InChI is InChI=1S/C11H18N4O2/c1-3-17-11(4-6-16-7-5-11)9-13-8(2)14-10(12)15-9/h3-7H2,1-2H3,(H2,12,13,14,15). The van der Waals surface area contributed by atoms with Gasteiger partial charge in [0.05, 0.1) is 0 Å². The summed E-state index contributed by atoms with van der Waals surface area (Å²) in [4.78, 5) is 12.6. The maximum Gasteiger partial charge on any atom is 0.223 e. The molecule has 0 unspecified atom stereocenters. The van der Waals surface area contributed by atoms with Gasteiger partial charge in [0.15, 0.2) is 5.82 Å². The summed E-state index contributed by atoms with van der Waals surface area (Å²) in [7, 11) is 0. The quantitative estimate of drug-likeness (QED) is 0.838. The van der Waals surface area contributed by atoms with Gasteiger partial charge in [0.1, 0.15) is 11.4 Å². The van der Waals surface area contributed by atoms with Crippen LogP contribution < -0.4 is 5.73 Å². The Morgan fingerprint density at radius 2 is 2.00 bits per heavy atom. The van der Waals surface area contributed by atoms with E-state index in [1.807, 2.05) is 6.92 Å². The molecule has 0 atom stereocenters. The minimum atomic E-state index is -0.463. The average Bonchev–Trinajstić information content (AvgIpc) is 2.29. The minimum absolute atomic E-state index is 0.248. The van der Waals surface area contributed by atoms with Crippen LogP contribution in [0, 0.1) is 6.92 Å². The molecular formula is C11H18N4O2. The number of rotatable bonds is 3. The number of nitrogens with two attached hydrogens (primary N) is 1. The fourth-order valence-electron chi connectivity index (χ4n) is 2.12. The van der Waals surface area contributed by atoms with E-state index >= 15 is 0 Å². The lowest BCUT2D eigenvalue weighted by Crippen LogP contribution is -2.38. The van der Waals surface area contributed by atoms with Gasteiger partial charge in [0.25, 0.3) is 0 Å². The fraction of sp³-hybridized carbons (Fsp3) is 0.727. The highest BCUT2D eigenvalue weighted by atomic mass is 16.5. The molecule has 1 aromatic rings. The summed E-state index contributed by atoms with van der Waals surface area (Å²) < 4.78 is 11.2. The SMILES string of the molecule is CCOC1(c2nc(C)nc(N)n2)CCOCC1. The number of nitrogen functional groups attached to an aromatic ring is 1. The zero-order valence-corrected chi connectivity index (χ0v) is 10.3. The van der Waals surface area contributed by atoms with Crippen LogP contribution in [0.15, 0.2) is 0 Å². The molecule has 17 heavy (non-hydrogen) atoms. The lowest BCUT2D eigenvalue weighted by molar-refractivity contribution is -0.118. The van der Waals surface area contributed by atoms with E-state index in [0.717, 1.165) is 12.8 Å². The number of aryl methyl sites for hydroxylation is 1. The Balaban J connectivity index is 2.37. The van der Waals surface area contributed by atoms with Crippen LogP contribution in [0.3, 0.4) is 0 Å². The highest BCUT2D eigenvalue weighted by Crippen LogP contribution is 2.34. The number of aromatic nitrogens is 3. The van der Waals surface area contributed by atoms with E-state index in [0.29, 0.717) is 31.5 Å². The van der Waals surface area contributed by atoms with E-state index in [-0.39, 0.29) is 5.95 Å². The topological polar surface area (TPSA) is 83.2 Å². The first-order valence-electron chi connectivity index (χ1n) is 5.86. The lowest BCUT2D eigenvalue weighted by atomic mass is 9.93. The first-order valence-corrected chi connectivity index (χ1v) is 5.86. The lowest BCUT2D eigenvalue weighted by Gasteiger charge is -2.35. The summed E-state index contributed by atoms with van der Waals surface area (Å²) in [5.41, 5.74) is 5.21. The largest absolute Gasteiger partial charge is 0.381 e. The highest BCUT2D eigenvalue weighted by molar-refractivity contribution is 5.19. The Kier molecular flexibility index (Phi) is 3.54. The van der Waals surface area contributed by atoms with Crippen molar-refractivity contribution in [2.24, 2.45) is 0 Å². The van der Waals surface area contributed by atoms with Crippen molar-refractivity contribution in [1.29, 1.82) is 0 Å². The third-order valence-corrected chi connectivity index (χ3v) is 2.89. The van der Waals surface area contributed by atoms with Gasteiger partial charge >= 0.3 is 0 Å². The summed E-state index contributed by atoms with van der Waals surface area (Å²) in [5.74, 6) is 1.50. The molecule has 0 bridgehead atoms. The molecule has 1 aliphatic heterocycles. The molecule has 0 spiro atoms. The molecule has 1 aliphatic rings. The van der Waals surface area contributed by atoms with Crippen molar-refractivity contribution < 1.29 is 9.47 Å². The molecule has 6 heteroatoms. The van der Waals surface area contributed by atoms with E-state index in [4.69, 9.17) is 15.2 Å². The van der Waals surface area contributed by atoms with Crippen LogP contribution in [0.5, 0.6) is 0 Å². The van der Waals surface area contributed by atoms with E-state index in [1.54, 1.807) is 6.92 Å². The average molecular weight is 238 g/mol. The molecule has 0 aliphatic carbocycles. The molecule has 1 fully saturated rings. The molecule has 1 saturated heterocycles. The van der Waals surface area contributed by atoms with Gasteiger partial charge in [-0.25, -0.2) is 4.98 Å². The summed E-state index contributed by atoms with van der Waals surface area (Å²) in [6, 6.07) is 0. The molecule has 0 amide bonds. The summed E-state index contributed by atoms with van der Waals surface area (Å²) >= 11 is 0. The van der Waals surface area contributed by atoms with Crippen LogP contribution in [0.25, 0.3) is 0 Å². The van der Waals surface area contributed by atoms with Gasteiger partial charge in [-0.15, -0.1) is 0 Å². The Labute approximate surface area is 101 Å². The molecule has 2 N–H and O–H groups in total. The molecule has 1 aromatic heterocycles. The maximum absolute atomic E-state index is 5.88. The number of nitrogens with zero attached hydrogens (tertiary/aromatic N) is 3. The smallest absolute Gasteiger partial charge is 0.223 e. The predicted molar refractivity (Wildman–Crippen MR) is 62.3 cm³/mol. The predicted octanol–water partition coefficient (Wildman–Crippen LogP) is 0.804. The molecule has 0 aromatic carbocycles.